The molecule has 2 N–H and O–H groups in total. The van der Waals surface area contributed by atoms with E-state index < -0.39 is 22.0 Å². The van der Waals surface area contributed by atoms with Crippen LogP contribution >= 0.6 is 0 Å². The van der Waals surface area contributed by atoms with E-state index >= 15 is 0 Å². The highest BCUT2D eigenvalue weighted by Gasteiger charge is 2.40. The first-order valence-electron chi connectivity index (χ1n) is 14.5. The molecule has 214 valence electrons. The Hall–Kier alpha value is -3.01. The van der Waals surface area contributed by atoms with Crippen LogP contribution in [-0.4, -0.2) is 68.2 Å². The number of carbonyl (C=O) groups is 2. The van der Waals surface area contributed by atoms with Crippen molar-refractivity contribution in [1.29, 1.82) is 0 Å². The zero-order valence-corrected chi connectivity index (χ0v) is 24.3. The van der Waals surface area contributed by atoms with Gasteiger partial charge in [0.1, 0.15) is 6.04 Å². The third kappa shape index (κ3) is 6.16. The first kappa shape index (κ1) is 28.5. The molecule has 0 bridgehead atoms. The van der Waals surface area contributed by atoms with Gasteiger partial charge in [0.2, 0.25) is 21.8 Å². The number of nitrogens with zero attached hydrogens (tertiary/aromatic N) is 2. The van der Waals surface area contributed by atoms with Crippen LogP contribution < -0.4 is 10.6 Å². The first-order chi connectivity index (χ1) is 19.3. The van der Waals surface area contributed by atoms with E-state index in [9.17, 15) is 18.0 Å². The molecule has 8 nitrogen and oxygen atoms in total. The van der Waals surface area contributed by atoms with E-state index in [0.29, 0.717) is 0 Å². The second kappa shape index (κ2) is 12.2. The molecule has 2 heterocycles. The fraction of sp³-hybridized carbons (Fsp3) is 0.484. The van der Waals surface area contributed by atoms with Crippen molar-refractivity contribution in [2.45, 2.75) is 69.4 Å². The maximum atomic E-state index is 13.4. The maximum Gasteiger partial charge on any atom is 0.243 e. The van der Waals surface area contributed by atoms with E-state index in [0.717, 1.165) is 56.4 Å². The van der Waals surface area contributed by atoms with Crippen molar-refractivity contribution in [3.8, 4) is 0 Å². The summed E-state index contributed by atoms with van der Waals surface area (Å²) in [5, 5.41) is 5.85. The van der Waals surface area contributed by atoms with Gasteiger partial charge in [0, 0.05) is 26.2 Å². The van der Waals surface area contributed by atoms with Gasteiger partial charge in [-0.15, -0.1) is 0 Å². The number of amides is 2. The van der Waals surface area contributed by atoms with Crippen molar-refractivity contribution >= 4 is 27.4 Å². The Labute approximate surface area is 237 Å². The van der Waals surface area contributed by atoms with Gasteiger partial charge in [-0.3, -0.25) is 14.5 Å². The van der Waals surface area contributed by atoms with E-state index in [1.54, 1.807) is 24.3 Å². The van der Waals surface area contributed by atoms with E-state index in [-0.39, 0.29) is 36.4 Å². The number of carbonyl (C=O) groups excluding carboxylic acids is 2. The zero-order valence-electron chi connectivity index (χ0n) is 23.5. The molecule has 0 radical (unpaired) electrons. The van der Waals surface area contributed by atoms with Crippen LogP contribution in [0.15, 0.2) is 53.4 Å². The third-order valence-electron chi connectivity index (χ3n) is 8.28. The van der Waals surface area contributed by atoms with Crippen molar-refractivity contribution in [3.63, 3.8) is 0 Å². The summed E-state index contributed by atoms with van der Waals surface area (Å²) < 4.78 is 28.0. The van der Waals surface area contributed by atoms with E-state index in [2.05, 4.69) is 46.7 Å². The van der Waals surface area contributed by atoms with Gasteiger partial charge in [0.25, 0.3) is 0 Å². The van der Waals surface area contributed by atoms with E-state index in [1.807, 2.05) is 6.92 Å². The monoisotopic (exact) mass is 564 g/mol. The number of nitrogens with one attached hydrogen (secondary N) is 2. The molecule has 5 rings (SSSR count). The highest BCUT2D eigenvalue weighted by Crippen LogP contribution is 2.33. The molecule has 2 aliphatic heterocycles. The summed E-state index contributed by atoms with van der Waals surface area (Å²) in [5.74, 6) is -0.761. The van der Waals surface area contributed by atoms with Gasteiger partial charge in [0.05, 0.1) is 17.4 Å². The van der Waals surface area contributed by atoms with Crippen molar-refractivity contribution in [2.24, 2.45) is 0 Å². The molecule has 2 amide bonds. The fourth-order valence-corrected chi connectivity index (χ4v) is 7.69. The molecule has 40 heavy (non-hydrogen) atoms. The van der Waals surface area contributed by atoms with Crippen LogP contribution in [0, 0.1) is 6.92 Å². The van der Waals surface area contributed by atoms with Crippen LogP contribution in [0.2, 0.25) is 0 Å². The number of benzene rings is 2. The Balaban J connectivity index is 1.28. The Morgan fingerprint density at radius 1 is 1.10 bits per heavy atom. The van der Waals surface area contributed by atoms with Gasteiger partial charge in [0.15, 0.2) is 0 Å². The lowest BCUT2D eigenvalue weighted by Gasteiger charge is -2.34. The van der Waals surface area contributed by atoms with E-state index in [1.165, 1.54) is 27.4 Å². The lowest BCUT2D eigenvalue weighted by molar-refractivity contribution is -0.132. The second-order valence-electron chi connectivity index (χ2n) is 11.1. The van der Waals surface area contributed by atoms with Crippen LogP contribution in [-0.2, 0) is 26.0 Å². The summed E-state index contributed by atoms with van der Waals surface area (Å²) in [4.78, 5) is 28.7. The summed E-state index contributed by atoms with van der Waals surface area (Å²) in [6.45, 7) is 7.65. The number of piperazine rings is 1. The predicted octanol–water partition coefficient (Wildman–Crippen LogP) is 3.57. The van der Waals surface area contributed by atoms with Crippen LogP contribution in [0.25, 0.3) is 5.57 Å². The maximum absolute atomic E-state index is 13.4. The Morgan fingerprint density at radius 2 is 1.90 bits per heavy atom. The van der Waals surface area contributed by atoms with Crippen LogP contribution in [0.4, 0.5) is 0 Å². The normalized spacial score (nSPS) is 22.2. The predicted molar refractivity (Wildman–Crippen MR) is 156 cm³/mol. The van der Waals surface area contributed by atoms with Crippen molar-refractivity contribution in [3.05, 3.63) is 70.8 Å². The molecule has 9 heteroatoms. The zero-order chi connectivity index (χ0) is 28.3. The topological polar surface area (TPSA) is 98.8 Å². The molecule has 0 saturated carbocycles. The average Bonchev–Trinajstić information content (AvgIpc) is 2.95. The molecule has 2 aromatic rings. The van der Waals surface area contributed by atoms with Crippen molar-refractivity contribution in [1.82, 2.24) is 19.8 Å². The average molecular weight is 565 g/mol. The molecule has 1 aliphatic carbocycles. The summed E-state index contributed by atoms with van der Waals surface area (Å²) in [6, 6.07) is 11.9. The lowest BCUT2D eigenvalue weighted by Crippen LogP contribution is -2.58. The molecule has 2 atom stereocenters. The lowest BCUT2D eigenvalue weighted by atomic mass is 9.85. The Kier molecular flexibility index (Phi) is 8.73. The fourth-order valence-electron chi connectivity index (χ4n) is 6.11. The minimum absolute atomic E-state index is 0.126. The molecule has 2 aromatic carbocycles. The summed E-state index contributed by atoms with van der Waals surface area (Å²) >= 11 is 0. The molecule has 1 unspecified atom stereocenters. The molecular weight excluding hydrogens is 524 g/mol. The summed E-state index contributed by atoms with van der Waals surface area (Å²) in [7, 11) is -3.93. The van der Waals surface area contributed by atoms with Gasteiger partial charge in [-0.1, -0.05) is 48.9 Å². The van der Waals surface area contributed by atoms with Crippen LogP contribution in [0.5, 0.6) is 0 Å². The summed E-state index contributed by atoms with van der Waals surface area (Å²) in [6.07, 6.45) is 7.08. The number of hydrogen-bond acceptors (Lipinski definition) is 5. The Bertz CT molecular complexity index is 1390. The number of sulfonamides is 1. The molecule has 1 fully saturated rings. The first-order valence-corrected chi connectivity index (χ1v) is 15.9. The van der Waals surface area contributed by atoms with Gasteiger partial charge in [-0.25, -0.2) is 8.42 Å². The molecular formula is C31H40N4O4S. The number of rotatable bonds is 8. The largest absolute Gasteiger partial charge is 0.353 e. The van der Waals surface area contributed by atoms with Crippen LogP contribution in [0.3, 0.4) is 0 Å². The molecule has 1 saturated heterocycles. The van der Waals surface area contributed by atoms with Gasteiger partial charge in [-0.05, 0) is 80.0 Å². The van der Waals surface area contributed by atoms with Crippen molar-refractivity contribution < 1.29 is 18.0 Å². The van der Waals surface area contributed by atoms with Gasteiger partial charge in [-0.2, -0.15) is 4.31 Å². The molecule has 0 spiro atoms. The number of fused-ring (bicyclic) bond motifs is 1. The number of hydrogen-bond donors (Lipinski definition) is 2. The van der Waals surface area contributed by atoms with Gasteiger partial charge >= 0.3 is 0 Å². The quantitative estimate of drug-likeness (QED) is 0.511. The van der Waals surface area contributed by atoms with E-state index in [4.69, 9.17) is 0 Å². The molecule has 0 aromatic heterocycles. The van der Waals surface area contributed by atoms with Gasteiger partial charge < -0.3 is 10.6 Å². The third-order valence-corrected chi connectivity index (χ3v) is 10.2. The highest BCUT2D eigenvalue weighted by molar-refractivity contribution is 7.89. The summed E-state index contributed by atoms with van der Waals surface area (Å²) in [5.41, 5.74) is 5.96. The minimum atomic E-state index is -3.93. The SMILES string of the molecule is CCCN1CC=C(c2ccc3c(c2)CCC[C@H]3NC(=O)CC2C(=O)NCCN2S(=O)(=O)c2ccc(C)cc2)CC1. The number of aryl methyl sites for hydroxylation is 2. The van der Waals surface area contributed by atoms with Crippen molar-refractivity contribution in [2.75, 3.05) is 32.7 Å². The minimum Gasteiger partial charge on any atom is -0.353 e. The standard InChI is InChI=1S/C31H40N4O4S/c1-3-16-34-17-13-23(14-18-34)24-9-12-27-25(20-24)5-4-6-28(27)33-30(36)21-29-31(37)32-15-19-35(29)40(38,39)26-10-7-22(2)8-11-26/h7-13,20,28-29H,3-6,14-19,21H2,1-2H3,(H,32,37)(H,33,36)/t28-,29?/m1/s1. The molecule has 3 aliphatic rings. The Morgan fingerprint density at radius 3 is 2.62 bits per heavy atom. The second-order valence-corrected chi connectivity index (χ2v) is 13.0. The van der Waals surface area contributed by atoms with Crippen LogP contribution in [0.1, 0.15) is 67.3 Å². The smallest absolute Gasteiger partial charge is 0.243 e. The highest BCUT2D eigenvalue weighted by atomic mass is 32.2.